The van der Waals surface area contributed by atoms with Crippen molar-refractivity contribution in [2.24, 2.45) is 5.73 Å². The van der Waals surface area contributed by atoms with Gasteiger partial charge < -0.3 is 20.9 Å². The van der Waals surface area contributed by atoms with Crippen LogP contribution in [0.3, 0.4) is 0 Å². The second kappa shape index (κ2) is 7.99. The van der Waals surface area contributed by atoms with Crippen molar-refractivity contribution in [3.8, 4) is 0 Å². The first-order valence-corrected chi connectivity index (χ1v) is 8.63. The first-order valence-electron chi connectivity index (χ1n) is 8.63. The topological polar surface area (TPSA) is 166 Å². The standard InChI is InChI=1S/C19H17N5O6/c1-9(10-3-5-11(6-4-10)19(29)30-2)22-17(26)12-7-13(18(27)28)24-8-21-14(15(20)25)16(24)23-12/h3-9H,1-2H3,(H2,20,25)(H,22,26)(H,27,28)/t9-/m0/s1. The second-order valence-corrected chi connectivity index (χ2v) is 6.29. The number of hydrogen-bond donors (Lipinski definition) is 3. The van der Waals surface area contributed by atoms with E-state index in [-0.39, 0.29) is 22.7 Å². The number of esters is 1. The second-order valence-electron chi connectivity index (χ2n) is 6.29. The minimum atomic E-state index is -1.34. The number of carboxylic acids is 1. The SMILES string of the molecule is COC(=O)c1ccc([C@H](C)NC(=O)c2cc(C(=O)O)n3cnc(C(N)=O)c3n2)cc1. The quantitative estimate of drug-likeness (QED) is 0.501. The number of benzene rings is 1. The number of imidazole rings is 1. The Morgan fingerprint density at radius 3 is 2.43 bits per heavy atom. The summed E-state index contributed by atoms with van der Waals surface area (Å²) in [4.78, 5) is 55.1. The molecule has 0 bridgehead atoms. The number of primary amides is 1. The number of rotatable bonds is 6. The highest BCUT2D eigenvalue weighted by Crippen LogP contribution is 2.16. The summed E-state index contributed by atoms with van der Waals surface area (Å²) in [6, 6.07) is 7.00. The third-order valence-corrected chi connectivity index (χ3v) is 4.37. The number of carbonyl (C=O) groups is 4. The lowest BCUT2D eigenvalue weighted by molar-refractivity contribution is 0.0599. The van der Waals surface area contributed by atoms with Gasteiger partial charge in [-0.05, 0) is 24.6 Å². The molecule has 3 rings (SSSR count). The van der Waals surface area contributed by atoms with Crippen molar-refractivity contribution in [3.05, 3.63) is 64.9 Å². The van der Waals surface area contributed by atoms with Crippen molar-refractivity contribution >= 4 is 29.4 Å². The molecule has 2 amide bonds. The van der Waals surface area contributed by atoms with Gasteiger partial charge in [0.25, 0.3) is 11.8 Å². The van der Waals surface area contributed by atoms with E-state index < -0.39 is 29.8 Å². The number of aromatic nitrogens is 3. The van der Waals surface area contributed by atoms with Crippen molar-refractivity contribution in [3.63, 3.8) is 0 Å². The van der Waals surface area contributed by atoms with Crippen molar-refractivity contribution in [1.82, 2.24) is 19.7 Å². The fourth-order valence-electron chi connectivity index (χ4n) is 2.81. The van der Waals surface area contributed by atoms with Crippen molar-refractivity contribution in [2.45, 2.75) is 13.0 Å². The third kappa shape index (κ3) is 3.81. The Morgan fingerprint density at radius 1 is 1.20 bits per heavy atom. The van der Waals surface area contributed by atoms with E-state index in [1.807, 2.05) is 0 Å². The maximum Gasteiger partial charge on any atom is 0.353 e. The largest absolute Gasteiger partial charge is 0.477 e. The van der Waals surface area contributed by atoms with E-state index in [4.69, 9.17) is 5.73 Å². The summed E-state index contributed by atoms with van der Waals surface area (Å²) < 4.78 is 5.70. The number of fused-ring (bicyclic) bond motifs is 1. The van der Waals surface area contributed by atoms with Crippen LogP contribution in [-0.2, 0) is 4.74 Å². The summed E-state index contributed by atoms with van der Waals surface area (Å²) in [7, 11) is 1.28. The predicted octanol–water partition coefficient (Wildman–Crippen LogP) is 0.804. The highest BCUT2D eigenvalue weighted by Gasteiger charge is 2.22. The van der Waals surface area contributed by atoms with Crippen LogP contribution in [0, 0.1) is 0 Å². The van der Waals surface area contributed by atoms with Crippen LogP contribution in [0.2, 0.25) is 0 Å². The van der Waals surface area contributed by atoms with Crippen molar-refractivity contribution in [1.29, 1.82) is 0 Å². The van der Waals surface area contributed by atoms with Gasteiger partial charge in [-0.3, -0.25) is 14.0 Å². The summed E-state index contributed by atoms with van der Waals surface area (Å²) >= 11 is 0. The molecule has 1 aromatic carbocycles. The fraction of sp³-hybridized carbons (Fsp3) is 0.158. The number of amides is 2. The maximum atomic E-state index is 12.7. The Balaban J connectivity index is 1.90. The molecule has 0 aliphatic heterocycles. The van der Waals surface area contributed by atoms with Crippen LogP contribution in [0.4, 0.5) is 0 Å². The fourth-order valence-corrected chi connectivity index (χ4v) is 2.81. The van der Waals surface area contributed by atoms with E-state index >= 15 is 0 Å². The Kier molecular flexibility index (Phi) is 5.45. The summed E-state index contributed by atoms with van der Waals surface area (Å²) in [5, 5.41) is 12.1. The Morgan fingerprint density at radius 2 is 1.87 bits per heavy atom. The Hall–Kier alpha value is -4.28. The molecule has 3 aromatic rings. The summed E-state index contributed by atoms with van der Waals surface area (Å²) in [5.74, 6) is -3.39. The monoisotopic (exact) mass is 411 g/mol. The van der Waals surface area contributed by atoms with E-state index in [0.29, 0.717) is 11.1 Å². The Bertz CT molecular complexity index is 1170. The molecule has 30 heavy (non-hydrogen) atoms. The zero-order valence-electron chi connectivity index (χ0n) is 15.9. The molecule has 0 aliphatic carbocycles. The number of nitrogens with two attached hydrogens (primary N) is 1. The molecule has 154 valence electrons. The smallest absolute Gasteiger partial charge is 0.353 e. The number of nitrogens with zero attached hydrogens (tertiary/aromatic N) is 3. The lowest BCUT2D eigenvalue weighted by atomic mass is 10.1. The highest BCUT2D eigenvalue weighted by atomic mass is 16.5. The summed E-state index contributed by atoms with van der Waals surface area (Å²) in [5.41, 5.74) is 5.38. The molecule has 4 N–H and O–H groups in total. The average molecular weight is 411 g/mol. The summed E-state index contributed by atoms with van der Waals surface area (Å²) in [6.07, 6.45) is 1.10. The van der Waals surface area contributed by atoms with Crippen LogP contribution in [0.5, 0.6) is 0 Å². The molecule has 2 heterocycles. The van der Waals surface area contributed by atoms with E-state index in [1.54, 1.807) is 31.2 Å². The van der Waals surface area contributed by atoms with Gasteiger partial charge in [-0.15, -0.1) is 0 Å². The lowest BCUT2D eigenvalue weighted by Crippen LogP contribution is -2.28. The third-order valence-electron chi connectivity index (χ3n) is 4.37. The van der Waals surface area contributed by atoms with Crippen LogP contribution >= 0.6 is 0 Å². The molecular weight excluding hydrogens is 394 g/mol. The first-order chi connectivity index (χ1) is 14.2. The molecule has 1 atom stereocenters. The van der Waals surface area contributed by atoms with E-state index in [9.17, 15) is 24.3 Å². The molecule has 0 unspecified atom stereocenters. The number of methoxy groups -OCH3 is 1. The molecule has 11 heteroatoms. The van der Waals surface area contributed by atoms with E-state index in [0.717, 1.165) is 16.8 Å². The van der Waals surface area contributed by atoms with Gasteiger partial charge in [-0.1, -0.05) is 12.1 Å². The maximum absolute atomic E-state index is 12.7. The molecular formula is C19H17N5O6. The van der Waals surface area contributed by atoms with Crippen LogP contribution in [0.1, 0.15) is 60.4 Å². The van der Waals surface area contributed by atoms with Gasteiger partial charge in [0, 0.05) is 6.07 Å². The summed E-state index contributed by atoms with van der Waals surface area (Å²) in [6.45, 7) is 1.70. The lowest BCUT2D eigenvalue weighted by Gasteiger charge is -2.15. The molecule has 0 aliphatic rings. The van der Waals surface area contributed by atoms with Gasteiger partial charge in [-0.2, -0.15) is 0 Å². The molecule has 2 aromatic heterocycles. The number of hydrogen-bond acceptors (Lipinski definition) is 7. The molecule has 0 saturated heterocycles. The predicted molar refractivity (Wildman–Crippen MR) is 102 cm³/mol. The van der Waals surface area contributed by atoms with Gasteiger partial charge in [0.15, 0.2) is 11.3 Å². The van der Waals surface area contributed by atoms with E-state index in [1.165, 1.54) is 7.11 Å². The number of ether oxygens (including phenoxy) is 1. The molecule has 0 spiro atoms. The first kappa shape index (κ1) is 20.5. The minimum Gasteiger partial charge on any atom is -0.477 e. The van der Waals surface area contributed by atoms with Gasteiger partial charge in [0.05, 0.1) is 18.7 Å². The van der Waals surface area contributed by atoms with Crippen LogP contribution in [0.25, 0.3) is 5.65 Å². The van der Waals surface area contributed by atoms with E-state index in [2.05, 4.69) is 20.0 Å². The number of carbonyl (C=O) groups excluding carboxylic acids is 3. The van der Waals surface area contributed by atoms with Gasteiger partial charge >= 0.3 is 11.9 Å². The van der Waals surface area contributed by atoms with Gasteiger partial charge in [-0.25, -0.2) is 19.6 Å². The average Bonchev–Trinajstić information content (AvgIpc) is 3.16. The van der Waals surface area contributed by atoms with Crippen LogP contribution in [-0.4, -0.2) is 50.3 Å². The van der Waals surface area contributed by atoms with Crippen LogP contribution < -0.4 is 11.1 Å². The zero-order valence-corrected chi connectivity index (χ0v) is 15.9. The van der Waals surface area contributed by atoms with Crippen molar-refractivity contribution < 1.29 is 29.0 Å². The number of nitrogens with one attached hydrogen (secondary N) is 1. The Labute approximate surface area is 169 Å². The number of aromatic carboxylic acids is 1. The normalized spacial score (nSPS) is 11.7. The van der Waals surface area contributed by atoms with Gasteiger partial charge in [0.1, 0.15) is 17.7 Å². The minimum absolute atomic E-state index is 0.136. The van der Waals surface area contributed by atoms with Crippen LogP contribution in [0.15, 0.2) is 36.7 Å². The molecule has 0 radical (unpaired) electrons. The van der Waals surface area contributed by atoms with Crippen molar-refractivity contribution in [2.75, 3.05) is 7.11 Å². The zero-order chi connectivity index (χ0) is 22.0. The molecule has 0 saturated carbocycles. The number of carboxylic acid groups (broad SMARTS) is 1. The molecule has 0 fully saturated rings. The van der Waals surface area contributed by atoms with Gasteiger partial charge in [0.2, 0.25) is 0 Å². The highest BCUT2D eigenvalue weighted by molar-refractivity contribution is 6.00. The molecule has 11 nitrogen and oxygen atoms in total.